The summed E-state index contributed by atoms with van der Waals surface area (Å²) in [5.41, 5.74) is 1.39. The van der Waals surface area contributed by atoms with E-state index in [0.29, 0.717) is 30.6 Å². The zero-order valence-corrected chi connectivity index (χ0v) is 21.4. The van der Waals surface area contributed by atoms with Gasteiger partial charge in [0.2, 0.25) is 5.78 Å². The summed E-state index contributed by atoms with van der Waals surface area (Å²) >= 11 is 0. The minimum atomic E-state index is -1.76. The van der Waals surface area contributed by atoms with E-state index >= 15 is 0 Å². The Morgan fingerprint density at radius 1 is 1.12 bits per heavy atom. The van der Waals surface area contributed by atoms with Crippen LogP contribution in [0, 0.1) is 11.8 Å². The van der Waals surface area contributed by atoms with Gasteiger partial charge in [-0.3, -0.25) is 14.9 Å². The summed E-state index contributed by atoms with van der Waals surface area (Å²) in [4.78, 5) is 27.8. The van der Waals surface area contributed by atoms with E-state index in [4.69, 9.17) is 9.16 Å². The molecule has 3 aliphatic rings. The fourth-order valence-corrected chi connectivity index (χ4v) is 5.12. The highest BCUT2D eigenvalue weighted by atomic mass is 28.4. The Balaban J connectivity index is 1.39. The van der Waals surface area contributed by atoms with E-state index < -0.39 is 8.32 Å². The second-order valence-electron chi connectivity index (χ2n) is 10.9. The molecule has 0 radical (unpaired) electrons. The third-order valence-electron chi connectivity index (χ3n) is 7.45. The molecule has 6 nitrogen and oxygen atoms in total. The van der Waals surface area contributed by atoms with E-state index in [9.17, 15) is 9.59 Å². The van der Waals surface area contributed by atoms with Crippen LogP contribution in [-0.2, 0) is 25.4 Å². The Hall–Kier alpha value is -2.22. The van der Waals surface area contributed by atoms with Gasteiger partial charge in [-0.2, -0.15) is 0 Å². The number of hydrogen-bond donors (Lipinski definition) is 1. The molecule has 3 unspecified atom stereocenters. The second-order valence-corrected chi connectivity index (χ2v) is 15.7. The smallest absolute Gasteiger partial charge is 0.256 e. The number of ketones is 1. The number of carbonyl (C=O) groups excluding carboxylic acids is 2. The average molecular weight is 469 g/mol. The van der Waals surface area contributed by atoms with Crippen LogP contribution in [0.1, 0.15) is 32.8 Å². The van der Waals surface area contributed by atoms with Crippen LogP contribution < -0.4 is 5.32 Å². The molecule has 1 amide bonds. The molecule has 0 spiro atoms. The van der Waals surface area contributed by atoms with Gasteiger partial charge in [-0.1, -0.05) is 57.2 Å². The van der Waals surface area contributed by atoms with Gasteiger partial charge < -0.3 is 14.1 Å². The number of ether oxygens (including phenoxy) is 1. The number of nitrogens with zero attached hydrogens (tertiary/aromatic N) is 1. The number of benzene rings is 1. The van der Waals surface area contributed by atoms with Crippen molar-refractivity contribution in [2.45, 2.75) is 58.0 Å². The molecule has 0 aromatic heterocycles. The van der Waals surface area contributed by atoms with Crippen molar-refractivity contribution in [1.29, 1.82) is 0 Å². The van der Waals surface area contributed by atoms with Crippen molar-refractivity contribution in [3.8, 4) is 0 Å². The van der Waals surface area contributed by atoms with E-state index in [0.717, 1.165) is 18.6 Å². The molecule has 1 saturated heterocycles. The number of carbonyl (C=O) groups is 2. The van der Waals surface area contributed by atoms with Crippen molar-refractivity contribution in [3.63, 3.8) is 0 Å². The highest BCUT2D eigenvalue weighted by Crippen LogP contribution is 2.43. The lowest BCUT2D eigenvalue weighted by Gasteiger charge is -2.36. The monoisotopic (exact) mass is 468 g/mol. The van der Waals surface area contributed by atoms with Crippen LogP contribution in [0.15, 0.2) is 53.8 Å². The first-order valence-electron chi connectivity index (χ1n) is 11.9. The van der Waals surface area contributed by atoms with Crippen LogP contribution in [0.3, 0.4) is 0 Å². The Morgan fingerprint density at radius 3 is 2.55 bits per heavy atom. The van der Waals surface area contributed by atoms with E-state index in [1.54, 1.807) is 6.08 Å². The van der Waals surface area contributed by atoms with Crippen LogP contribution in [0.2, 0.25) is 18.1 Å². The molecule has 1 aromatic carbocycles. The number of allylic oxidation sites excluding steroid dienone is 1. The van der Waals surface area contributed by atoms with Crippen molar-refractivity contribution in [1.82, 2.24) is 10.2 Å². The molecular formula is C26H36N2O4Si. The molecule has 1 aromatic rings. The number of amides is 1. The average Bonchev–Trinajstić information content (AvgIpc) is 3.51. The van der Waals surface area contributed by atoms with Crippen molar-refractivity contribution >= 4 is 20.0 Å². The van der Waals surface area contributed by atoms with Crippen LogP contribution in [0.4, 0.5) is 0 Å². The number of nitrogens with one attached hydrogen (secondary N) is 1. The van der Waals surface area contributed by atoms with Gasteiger partial charge in [-0.15, -0.1) is 0 Å². The highest BCUT2D eigenvalue weighted by Gasteiger charge is 2.45. The fraction of sp³-hybridized carbons (Fsp3) is 0.538. The minimum Gasteiger partial charge on any atom is -0.484 e. The van der Waals surface area contributed by atoms with E-state index in [-0.39, 0.29) is 35.1 Å². The van der Waals surface area contributed by atoms with Crippen molar-refractivity contribution in [2.24, 2.45) is 11.8 Å². The molecule has 2 fully saturated rings. The van der Waals surface area contributed by atoms with Crippen LogP contribution in [0.25, 0.3) is 0 Å². The summed E-state index contributed by atoms with van der Waals surface area (Å²) in [5.74, 6) is 0.764. The highest BCUT2D eigenvalue weighted by molar-refractivity contribution is 6.74. The quantitative estimate of drug-likeness (QED) is 0.584. The molecule has 178 valence electrons. The van der Waals surface area contributed by atoms with Crippen LogP contribution in [0.5, 0.6) is 0 Å². The molecule has 1 saturated carbocycles. The maximum Gasteiger partial charge on any atom is 0.256 e. The lowest BCUT2D eigenvalue weighted by atomic mass is 9.94. The normalized spacial score (nSPS) is 25.4. The second kappa shape index (κ2) is 9.20. The summed E-state index contributed by atoms with van der Waals surface area (Å²) in [6.07, 6.45) is 4.34. The van der Waals surface area contributed by atoms with Crippen LogP contribution in [-0.4, -0.2) is 50.8 Å². The lowest BCUT2D eigenvalue weighted by molar-refractivity contribution is -0.131. The first-order valence-corrected chi connectivity index (χ1v) is 14.8. The summed E-state index contributed by atoms with van der Waals surface area (Å²) in [5, 5.41) is 3.58. The molecular weight excluding hydrogens is 432 g/mol. The summed E-state index contributed by atoms with van der Waals surface area (Å²) in [6.45, 7) is 13.5. The summed E-state index contributed by atoms with van der Waals surface area (Å²) in [6, 6.07) is 9.39. The Morgan fingerprint density at radius 2 is 1.85 bits per heavy atom. The lowest BCUT2D eigenvalue weighted by Crippen LogP contribution is -2.54. The zero-order chi connectivity index (χ0) is 23.8. The molecule has 2 aliphatic carbocycles. The number of fused-ring (bicyclic) bond motifs is 1. The van der Waals surface area contributed by atoms with E-state index in [1.165, 1.54) is 6.08 Å². The van der Waals surface area contributed by atoms with Crippen LogP contribution >= 0.6 is 0 Å². The number of hydrogen-bond acceptors (Lipinski definition) is 5. The SMILES string of the molecule is CC(C)(C)[Si](C)(C)OCC1CC1CN1CNC2C=CC(=O)C(OCc3ccccc3)=C2C1=O. The Labute approximate surface area is 198 Å². The minimum absolute atomic E-state index is 0.101. The van der Waals surface area contributed by atoms with Gasteiger partial charge in [-0.05, 0) is 48.0 Å². The Kier molecular flexibility index (Phi) is 6.67. The molecule has 33 heavy (non-hydrogen) atoms. The van der Waals surface area contributed by atoms with Gasteiger partial charge in [0.05, 0.1) is 18.3 Å². The van der Waals surface area contributed by atoms with Gasteiger partial charge in [0.25, 0.3) is 5.91 Å². The molecule has 1 aliphatic heterocycles. The molecule has 0 bridgehead atoms. The van der Waals surface area contributed by atoms with Gasteiger partial charge in [0.15, 0.2) is 14.1 Å². The standard InChI is InChI=1S/C26H36N2O4Si/c1-26(2,3)33(4,5)32-16-20-13-19(20)14-28-17-27-21-11-12-22(29)24(23(21)25(28)30)31-15-18-9-7-6-8-10-18/h6-12,19-21,27H,13-17H2,1-5H3. The van der Waals surface area contributed by atoms with E-state index in [1.807, 2.05) is 35.2 Å². The van der Waals surface area contributed by atoms with Gasteiger partial charge in [0, 0.05) is 13.2 Å². The maximum absolute atomic E-state index is 13.4. The zero-order valence-electron chi connectivity index (χ0n) is 20.4. The summed E-state index contributed by atoms with van der Waals surface area (Å²) < 4.78 is 12.3. The van der Waals surface area contributed by atoms with Crippen molar-refractivity contribution in [3.05, 3.63) is 59.4 Å². The predicted octanol–water partition coefficient (Wildman–Crippen LogP) is 4.01. The first kappa shape index (κ1) is 23.9. The van der Waals surface area contributed by atoms with Gasteiger partial charge >= 0.3 is 0 Å². The first-order chi connectivity index (χ1) is 15.6. The topological polar surface area (TPSA) is 67.9 Å². The molecule has 3 atom stereocenters. The predicted molar refractivity (Wildman–Crippen MR) is 131 cm³/mol. The van der Waals surface area contributed by atoms with Crippen molar-refractivity contribution in [2.75, 3.05) is 19.8 Å². The van der Waals surface area contributed by atoms with Gasteiger partial charge in [-0.25, -0.2) is 0 Å². The fourth-order valence-electron chi connectivity index (χ4n) is 4.06. The molecule has 7 heteroatoms. The Bertz CT molecular complexity index is 964. The van der Waals surface area contributed by atoms with E-state index in [2.05, 4.69) is 39.2 Å². The maximum atomic E-state index is 13.4. The van der Waals surface area contributed by atoms with Crippen molar-refractivity contribution < 1.29 is 18.8 Å². The molecule has 1 heterocycles. The largest absolute Gasteiger partial charge is 0.484 e. The molecule has 4 rings (SSSR count). The summed E-state index contributed by atoms with van der Waals surface area (Å²) in [7, 11) is -1.76. The third-order valence-corrected chi connectivity index (χ3v) is 12.0. The van der Waals surface area contributed by atoms with Gasteiger partial charge in [0.1, 0.15) is 6.61 Å². The number of rotatable bonds is 8. The molecule has 1 N–H and O–H groups in total. The third kappa shape index (κ3) is 5.31.